The highest BCUT2D eigenvalue weighted by atomic mass is 32.1. The van der Waals surface area contributed by atoms with Gasteiger partial charge in [0.1, 0.15) is 6.61 Å². The largest absolute Gasteiger partial charge is 0.476 e. The molecule has 0 bridgehead atoms. The minimum Gasteiger partial charge on any atom is -0.476 e. The first-order chi connectivity index (χ1) is 15.1. The molecule has 8 heteroatoms. The molecule has 0 fully saturated rings. The van der Waals surface area contributed by atoms with Crippen molar-refractivity contribution < 1.29 is 19.4 Å². The molecule has 0 unspecified atom stereocenters. The van der Waals surface area contributed by atoms with Crippen molar-refractivity contribution in [2.75, 3.05) is 11.9 Å². The van der Waals surface area contributed by atoms with Gasteiger partial charge in [-0.3, -0.25) is 5.32 Å². The van der Waals surface area contributed by atoms with E-state index in [1.807, 2.05) is 53.2 Å². The molecule has 6 nitrogen and oxygen atoms in total. The van der Waals surface area contributed by atoms with Crippen LogP contribution in [-0.4, -0.2) is 28.8 Å². The first-order valence-electron chi connectivity index (χ1n) is 9.50. The van der Waals surface area contributed by atoms with Crippen LogP contribution in [0, 0.1) is 0 Å². The third-order valence-electron chi connectivity index (χ3n) is 5.17. The molecule has 0 saturated heterocycles. The molecule has 1 amide bonds. The van der Waals surface area contributed by atoms with Gasteiger partial charge in [0.05, 0.1) is 4.88 Å². The van der Waals surface area contributed by atoms with Gasteiger partial charge < -0.3 is 9.84 Å². The molecule has 1 aliphatic rings. The zero-order valence-electron chi connectivity index (χ0n) is 16.1. The number of nitrogens with zero attached hydrogens (tertiary/aromatic N) is 1. The standard InChI is InChI=1S/C23H16N2O4S2/c26-21(27)19-20(13-9-10-30-12-13)31-22(24-19)25-23(28)29-11-18-16-7-3-1-5-14(16)15-6-2-4-8-17(15)18/h1-10,12,18H,11H2,(H,26,27)(H,24,25,28). The van der Waals surface area contributed by atoms with Gasteiger partial charge >= 0.3 is 12.1 Å². The second-order valence-electron chi connectivity index (χ2n) is 6.96. The number of hydrogen-bond acceptors (Lipinski definition) is 6. The fourth-order valence-electron chi connectivity index (χ4n) is 3.83. The molecule has 0 aliphatic heterocycles. The number of carbonyl (C=O) groups is 2. The SMILES string of the molecule is O=C(Nc1nc(C(=O)O)c(-c2ccsc2)s1)OCC1c2ccccc2-c2ccccc21. The normalized spacial score (nSPS) is 12.3. The molecule has 2 N–H and O–H groups in total. The molecule has 2 aromatic carbocycles. The van der Waals surface area contributed by atoms with Crippen molar-refractivity contribution in [3.63, 3.8) is 0 Å². The Kier molecular flexibility index (Phi) is 5.01. The van der Waals surface area contributed by atoms with Gasteiger partial charge in [-0.1, -0.05) is 59.9 Å². The Morgan fingerprint density at radius 2 is 1.71 bits per heavy atom. The number of anilines is 1. The van der Waals surface area contributed by atoms with Gasteiger partial charge in [-0.15, -0.1) is 0 Å². The van der Waals surface area contributed by atoms with E-state index in [-0.39, 0.29) is 23.4 Å². The minimum absolute atomic E-state index is 0.0506. The lowest BCUT2D eigenvalue weighted by atomic mass is 9.98. The van der Waals surface area contributed by atoms with Crippen molar-refractivity contribution in [3.05, 3.63) is 82.2 Å². The van der Waals surface area contributed by atoms with Crippen molar-refractivity contribution in [1.29, 1.82) is 0 Å². The van der Waals surface area contributed by atoms with Crippen LogP contribution in [-0.2, 0) is 4.74 Å². The topological polar surface area (TPSA) is 88.5 Å². The summed E-state index contributed by atoms with van der Waals surface area (Å²) in [6.45, 7) is 0.175. The lowest BCUT2D eigenvalue weighted by Crippen LogP contribution is -2.18. The van der Waals surface area contributed by atoms with E-state index in [2.05, 4.69) is 22.4 Å². The van der Waals surface area contributed by atoms with Crippen LogP contribution in [0.3, 0.4) is 0 Å². The Labute approximate surface area is 185 Å². The number of amides is 1. The van der Waals surface area contributed by atoms with Gasteiger partial charge in [0, 0.05) is 11.5 Å². The van der Waals surface area contributed by atoms with Crippen LogP contribution >= 0.6 is 22.7 Å². The molecule has 2 aromatic heterocycles. The highest BCUT2D eigenvalue weighted by Crippen LogP contribution is 2.44. The summed E-state index contributed by atoms with van der Waals surface area (Å²) in [6, 6.07) is 18.0. The molecule has 5 rings (SSSR count). The fourth-order valence-corrected chi connectivity index (χ4v) is 5.49. The van der Waals surface area contributed by atoms with Crippen LogP contribution < -0.4 is 5.32 Å². The molecule has 0 atom stereocenters. The van der Waals surface area contributed by atoms with Crippen LogP contribution in [0.15, 0.2) is 65.4 Å². The summed E-state index contributed by atoms with van der Waals surface area (Å²) in [6.07, 6.45) is -0.663. The summed E-state index contributed by atoms with van der Waals surface area (Å²) in [5, 5.41) is 15.9. The molecule has 31 heavy (non-hydrogen) atoms. The average Bonchev–Trinajstić information content (AvgIpc) is 3.50. The third-order valence-corrected chi connectivity index (χ3v) is 6.87. The highest BCUT2D eigenvalue weighted by Gasteiger charge is 2.29. The van der Waals surface area contributed by atoms with Crippen molar-refractivity contribution in [2.24, 2.45) is 0 Å². The summed E-state index contributed by atoms with van der Waals surface area (Å²) in [7, 11) is 0. The number of carboxylic acids is 1. The van der Waals surface area contributed by atoms with Gasteiger partial charge in [-0.2, -0.15) is 11.3 Å². The van der Waals surface area contributed by atoms with E-state index >= 15 is 0 Å². The Hall–Kier alpha value is -3.49. The smallest absolute Gasteiger partial charge is 0.413 e. The van der Waals surface area contributed by atoms with Crippen LogP contribution in [0.4, 0.5) is 9.93 Å². The number of rotatable bonds is 5. The van der Waals surface area contributed by atoms with Crippen molar-refractivity contribution >= 4 is 39.9 Å². The molecule has 4 aromatic rings. The van der Waals surface area contributed by atoms with Crippen LogP contribution in [0.2, 0.25) is 0 Å². The second kappa shape index (κ2) is 7.98. The minimum atomic E-state index is -1.14. The van der Waals surface area contributed by atoms with E-state index in [0.717, 1.165) is 39.2 Å². The number of aromatic carboxylic acids is 1. The number of carboxylic acid groups (broad SMARTS) is 1. The van der Waals surface area contributed by atoms with Crippen LogP contribution in [0.5, 0.6) is 0 Å². The summed E-state index contributed by atoms with van der Waals surface area (Å²) in [4.78, 5) is 28.6. The predicted octanol–water partition coefficient (Wildman–Crippen LogP) is 5.93. The first-order valence-corrected chi connectivity index (χ1v) is 11.3. The monoisotopic (exact) mass is 448 g/mol. The van der Waals surface area contributed by atoms with E-state index in [4.69, 9.17) is 4.74 Å². The molecule has 0 saturated carbocycles. The zero-order chi connectivity index (χ0) is 21.4. The maximum Gasteiger partial charge on any atom is 0.413 e. The Balaban J connectivity index is 1.32. The number of hydrogen-bond donors (Lipinski definition) is 2. The third kappa shape index (κ3) is 3.60. The summed E-state index contributed by atoms with van der Waals surface area (Å²) in [5.74, 6) is -1.19. The van der Waals surface area contributed by atoms with Gasteiger partial charge in [0.25, 0.3) is 0 Å². The molecule has 1 aliphatic carbocycles. The summed E-state index contributed by atoms with van der Waals surface area (Å²) >= 11 is 2.57. The van der Waals surface area contributed by atoms with Gasteiger partial charge in [-0.25, -0.2) is 14.6 Å². The molecule has 0 radical (unpaired) electrons. The molecule has 2 heterocycles. The van der Waals surface area contributed by atoms with Crippen LogP contribution in [0.25, 0.3) is 21.6 Å². The maximum absolute atomic E-state index is 12.5. The quantitative estimate of drug-likeness (QED) is 0.395. The Morgan fingerprint density at radius 3 is 2.32 bits per heavy atom. The number of thiazole rings is 1. The molecular formula is C23H16N2O4S2. The fraction of sp³-hybridized carbons (Fsp3) is 0.0870. The molecule has 0 spiro atoms. The van der Waals surface area contributed by atoms with E-state index in [1.54, 1.807) is 0 Å². The van der Waals surface area contributed by atoms with Gasteiger partial charge in [0.2, 0.25) is 0 Å². The van der Waals surface area contributed by atoms with E-state index < -0.39 is 12.1 Å². The summed E-state index contributed by atoms with van der Waals surface area (Å²) in [5.41, 5.74) is 5.23. The number of benzene rings is 2. The lowest BCUT2D eigenvalue weighted by Gasteiger charge is -2.14. The van der Waals surface area contributed by atoms with E-state index in [0.29, 0.717) is 4.88 Å². The highest BCUT2D eigenvalue weighted by molar-refractivity contribution is 7.19. The maximum atomic E-state index is 12.5. The molecular weight excluding hydrogens is 432 g/mol. The number of fused-ring (bicyclic) bond motifs is 3. The average molecular weight is 449 g/mol. The van der Waals surface area contributed by atoms with Gasteiger partial charge in [0.15, 0.2) is 10.8 Å². The Morgan fingerprint density at radius 1 is 1.03 bits per heavy atom. The number of aromatic nitrogens is 1. The van der Waals surface area contributed by atoms with Crippen LogP contribution in [0.1, 0.15) is 27.5 Å². The van der Waals surface area contributed by atoms with Crippen molar-refractivity contribution in [1.82, 2.24) is 4.98 Å². The second-order valence-corrected chi connectivity index (χ2v) is 8.74. The number of carbonyl (C=O) groups excluding carboxylic acids is 1. The predicted molar refractivity (Wildman–Crippen MR) is 121 cm³/mol. The number of nitrogens with one attached hydrogen (secondary N) is 1. The zero-order valence-corrected chi connectivity index (χ0v) is 17.7. The van der Waals surface area contributed by atoms with Gasteiger partial charge in [-0.05, 0) is 39.1 Å². The molecule has 154 valence electrons. The van der Waals surface area contributed by atoms with E-state index in [1.165, 1.54) is 11.3 Å². The summed E-state index contributed by atoms with van der Waals surface area (Å²) < 4.78 is 5.52. The first kappa shape index (κ1) is 19.5. The van der Waals surface area contributed by atoms with Crippen molar-refractivity contribution in [3.8, 4) is 21.6 Å². The van der Waals surface area contributed by atoms with Crippen molar-refractivity contribution in [2.45, 2.75) is 5.92 Å². The lowest BCUT2D eigenvalue weighted by molar-refractivity contribution is 0.0692. The Bertz CT molecular complexity index is 1230. The van der Waals surface area contributed by atoms with E-state index in [9.17, 15) is 14.7 Å². The number of thiophene rings is 1. The number of ether oxygens (including phenoxy) is 1.